The Bertz CT molecular complexity index is 1320. The van der Waals surface area contributed by atoms with E-state index in [2.05, 4.69) is 53.1 Å². The molecule has 42 heavy (non-hydrogen) atoms. The van der Waals surface area contributed by atoms with Gasteiger partial charge in [-0.2, -0.15) is 13.2 Å². The molecule has 2 N–H and O–H groups in total. The Morgan fingerprint density at radius 3 is 2.55 bits per heavy atom. The second kappa shape index (κ2) is 14.6. The maximum absolute atomic E-state index is 14.1. The van der Waals surface area contributed by atoms with Crippen molar-refractivity contribution in [1.82, 2.24) is 20.2 Å². The zero-order chi connectivity index (χ0) is 30.3. The van der Waals surface area contributed by atoms with Gasteiger partial charge >= 0.3 is 6.18 Å². The molecule has 9 heteroatoms. The van der Waals surface area contributed by atoms with E-state index in [0.29, 0.717) is 23.9 Å². The first kappa shape index (κ1) is 32.2. The van der Waals surface area contributed by atoms with Crippen molar-refractivity contribution >= 4 is 23.1 Å². The lowest BCUT2D eigenvalue weighted by Crippen LogP contribution is -2.33. The van der Waals surface area contributed by atoms with E-state index in [-0.39, 0.29) is 18.2 Å². The van der Waals surface area contributed by atoms with Crippen molar-refractivity contribution in [3.8, 4) is 0 Å². The zero-order valence-electron chi connectivity index (χ0n) is 25.2. The molecule has 1 aliphatic carbocycles. The Balaban J connectivity index is 0.00000129. The van der Waals surface area contributed by atoms with Gasteiger partial charge in [-0.25, -0.2) is 4.98 Å². The lowest BCUT2D eigenvalue weighted by molar-refractivity contribution is -0.138. The van der Waals surface area contributed by atoms with E-state index in [1.54, 1.807) is 23.6 Å². The molecular formula is C33H44F3N5S. The van der Waals surface area contributed by atoms with Crippen LogP contribution >= 0.6 is 11.3 Å². The topological polar surface area (TPSA) is 53.1 Å². The number of halogens is 3. The zero-order valence-corrected chi connectivity index (χ0v) is 26.0. The van der Waals surface area contributed by atoms with Crippen LogP contribution in [-0.2, 0) is 19.3 Å². The molecule has 0 spiro atoms. The average Bonchev–Trinajstić information content (AvgIpc) is 3.30. The Kier molecular flexibility index (Phi) is 11.2. The molecule has 0 bridgehead atoms. The summed E-state index contributed by atoms with van der Waals surface area (Å²) in [6.45, 7) is 10.5. The first-order valence-corrected chi connectivity index (χ1v) is 15.7. The van der Waals surface area contributed by atoms with E-state index in [1.807, 2.05) is 26.2 Å². The fourth-order valence-electron chi connectivity index (χ4n) is 5.96. The molecule has 1 unspecified atom stereocenters. The summed E-state index contributed by atoms with van der Waals surface area (Å²) in [6.07, 6.45) is 4.73. The minimum atomic E-state index is -4.46. The van der Waals surface area contributed by atoms with E-state index >= 15 is 0 Å². The van der Waals surface area contributed by atoms with Crippen molar-refractivity contribution in [3.63, 3.8) is 0 Å². The number of hydrogen-bond acceptors (Lipinski definition) is 6. The summed E-state index contributed by atoms with van der Waals surface area (Å²) in [6, 6.07) is 9.34. The number of nitrogens with zero attached hydrogens (tertiary/aromatic N) is 3. The summed E-state index contributed by atoms with van der Waals surface area (Å²) in [5, 5.41) is 6.90. The highest BCUT2D eigenvalue weighted by molar-refractivity contribution is 7.12. The number of piperidine rings is 1. The summed E-state index contributed by atoms with van der Waals surface area (Å²) in [5.41, 5.74) is 3.00. The van der Waals surface area contributed by atoms with E-state index in [1.165, 1.54) is 23.8 Å². The maximum atomic E-state index is 14.1. The van der Waals surface area contributed by atoms with E-state index in [4.69, 9.17) is 4.98 Å². The third-order valence-corrected chi connectivity index (χ3v) is 9.11. The quantitative estimate of drug-likeness (QED) is 0.260. The largest absolute Gasteiger partial charge is 0.418 e. The SMILES string of the molecule is C=Cc1nc(C(c2cccc(NCc3ncc(CN4CCC[C@H](C)C4)cc3C(F)(F)F)c2)C2CCC2)c(C)s1.CNC. The van der Waals surface area contributed by atoms with Gasteiger partial charge in [-0.1, -0.05) is 32.1 Å². The van der Waals surface area contributed by atoms with Gasteiger partial charge in [-0.15, -0.1) is 11.3 Å². The second-order valence-electron chi connectivity index (χ2n) is 11.7. The van der Waals surface area contributed by atoms with Gasteiger partial charge in [0.25, 0.3) is 0 Å². The molecule has 5 rings (SSSR count). The number of aryl methyl sites for hydroxylation is 1. The van der Waals surface area contributed by atoms with Crippen LogP contribution in [0, 0.1) is 18.8 Å². The molecule has 2 aromatic heterocycles. The van der Waals surface area contributed by atoms with Gasteiger partial charge in [-0.05, 0) is 100 Å². The lowest BCUT2D eigenvalue weighted by Gasteiger charge is -2.34. The summed E-state index contributed by atoms with van der Waals surface area (Å²) >= 11 is 1.65. The normalized spacial score (nSPS) is 18.5. The molecule has 1 aliphatic heterocycles. The molecule has 2 aliphatic rings. The van der Waals surface area contributed by atoms with Gasteiger partial charge in [0.15, 0.2) is 0 Å². The molecular weight excluding hydrogens is 555 g/mol. The number of rotatable bonds is 9. The molecule has 2 atom stereocenters. The predicted molar refractivity (Wildman–Crippen MR) is 168 cm³/mol. The number of thiazole rings is 1. The number of aromatic nitrogens is 2. The van der Waals surface area contributed by atoms with Crippen LogP contribution in [0.3, 0.4) is 0 Å². The third kappa shape index (κ3) is 8.20. The van der Waals surface area contributed by atoms with Crippen LogP contribution in [-0.4, -0.2) is 42.1 Å². The fourth-order valence-corrected chi connectivity index (χ4v) is 6.78. The number of likely N-dealkylation sites (tertiary alicyclic amines) is 1. The van der Waals surface area contributed by atoms with Crippen molar-refractivity contribution < 1.29 is 13.2 Å². The van der Waals surface area contributed by atoms with Gasteiger partial charge < -0.3 is 10.6 Å². The molecule has 0 radical (unpaired) electrons. The van der Waals surface area contributed by atoms with Crippen molar-refractivity contribution in [2.45, 2.75) is 71.1 Å². The Labute approximate surface area is 252 Å². The monoisotopic (exact) mass is 599 g/mol. The van der Waals surface area contributed by atoms with Crippen LogP contribution in [0.15, 0.2) is 43.1 Å². The highest BCUT2D eigenvalue weighted by Crippen LogP contribution is 2.45. The Hall–Kier alpha value is -2.75. The van der Waals surface area contributed by atoms with Crippen LogP contribution < -0.4 is 10.6 Å². The first-order valence-electron chi connectivity index (χ1n) is 14.9. The summed E-state index contributed by atoms with van der Waals surface area (Å²) < 4.78 is 42.2. The smallest absolute Gasteiger partial charge is 0.379 e. The lowest BCUT2D eigenvalue weighted by atomic mass is 9.71. The van der Waals surface area contributed by atoms with E-state index < -0.39 is 11.7 Å². The predicted octanol–water partition coefficient (Wildman–Crippen LogP) is 8.12. The minimum Gasteiger partial charge on any atom is -0.379 e. The highest BCUT2D eigenvalue weighted by Gasteiger charge is 2.35. The van der Waals surface area contributed by atoms with Gasteiger partial charge in [0.1, 0.15) is 5.01 Å². The third-order valence-electron chi connectivity index (χ3n) is 8.12. The molecule has 2 fully saturated rings. The number of hydrogen-bond donors (Lipinski definition) is 2. The highest BCUT2D eigenvalue weighted by atomic mass is 32.1. The van der Waals surface area contributed by atoms with Crippen LogP contribution in [0.4, 0.5) is 18.9 Å². The maximum Gasteiger partial charge on any atom is 0.418 e. The van der Waals surface area contributed by atoms with Crippen LogP contribution in [0.5, 0.6) is 0 Å². The standard InChI is InChI=1S/C31H37F3N4S.C2H7N/c1-4-28-37-30(21(3)39-28)29(23-9-5-10-23)24-11-6-12-25(15-24)35-17-27-26(31(32,33)34)14-22(16-36-27)19-38-13-7-8-20(2)18-38;1-3-2/h4,6,11-12,14-16,20,23,29,35H,1,5,7-10,13,17-19H2,2-3H3;3H,1-2H3/t20-,29?;/m0./s1. The molecule has 1 aromatic carbocycles. The van der Waals surface area contributed by atoms with Gasteiger partial charge in [0.05, 0.1) is 23.5 Å². The van der Waals surface area contributed by atoms with Crippen molar-refractivity contribution in [2.24, 2.45) is 11.8 Å². The minimum absolute atomic E-state index is 0.00373. The summed E-state index contributed by atoms with van der Waals surface area (Å²) in [4.78, 5) is 12.6. The number of anilines is 1. The molecule has 5 nitrogen and oxygen atoms in total. The number of benzene rings is 1. The number of nitrogens with one attached hydrogen (secondary N) is 2. The molecule has 0 amide bonds. The fraction of sp³-hybridized carbons (Fsp3) is 0.515. The first-order chi connectivity index (χ1) is 20.1. The molecule has 1 saturated heterocycles. The van der Waals surface area contributed by atoms with Crippen LogP contribution in [0.1, 0.15) is 82.9 Å². The van der Waals surface area contributed by atoms with Crippen LogP contribution in [0.25, 0.3) is 6.08 Å². The van der Waals surface area contributed by atoms with E-state index in [9.17, 15) is 13.2 Å². The van der Waals surface area contributed by atoms with Gasteiger partial charge in [0.2, 0.25) is 0 Å². The second-order valence-corrected chi connectivity index (χ2v) is 12.9. The number of alkyl halides is 3. The molecule has 228 valence electrons. The Morgan fingerprint density at radius 2 is 1.93 bits per heavy atom. The van der Waals surface area contributed by atoms with Crippen LogP contribution in [0.2, 0.25) is 0 Å². The molecule has 1 saturated carbocycles. The van der Waals surface area contributed by atoms with Gasteiger partial charge in [-0.3, -0.25) is 9.88 Å². The average molecular weight is 600 g/mol. The molecule has 3 heterocycles. The van der Waals surface area contributed by atoms with Crippen molar-refractivity contribution in [1.29, 1.82) is 0 Å². The van der Waals surface area contributed by atoms with E-state index in [0.717, 1.165) is 54.3 Å². The van der Waals surface area contributed by atoms with Crippen molar-refractivity contribution in [3.05, 3.63) is 81.1 Å². The summed E-state index contributed by atoms with van der Waals surface area (Å²) in [5.74, 6) is 1.26. The number of pyridine rings is 1. The van der Waals surface area contributed by atoms with Crippen molar-refractivity contribution in [2.75, 3.05) is 32.5 Å². The summed E-state index contributed by atoms with van der Waals surface area (Å²) in [7, 11) is 3.75. The molecule has 3 aromatic rings. The van der Waals surface area contributed by atoms with Gasteiger partial charge in [0, 0.05) is 35.8 Å². The Morgan fingerprint density at radius 1 is 1.17 bits per heavy atom.